The van der Waals surface area contributed by atoms with Crippen molar-refractivity contribution in [2.75, 3.05) is 26.9 Å². The lowest BCUT2D eigenvalue weighted by molar-refractivity contribution is -0.139. The first-order valence-corrected chi connectivity index (χ1v) is 14.0. The Balaban J connectivity index is 1.67. The van der Waals surface area contributed by atoms with Crippen molar-refractivity contribution in [2.24, 2.45) is 5.10 Å². The number of benzene rings is 2. The van der Waals surface area contributed by atoms with E-state index in [0.29, 0.717) is 48.7 Å². The molecule has 1 aliphatic rings. The number of esters is 1. The van der Waals surface area contributed by atoms with E-state index < -0.39 is 36.8 Å². The van der Waals surface area contributed by atoms with Crippen LogP contribution in [0.25, 0.3) is 0 Å². The van der Waals surface area contributed by atoms with Crippen LogP contribution >= 0.6 is 38.5 Å². The van der Waals surface area contributed by atoms with E-state index >= 15 is 0 Å². The molecule has 2 aromatic carbocycles. The topological polar surface area (TPSA) is 177 Å². The standard InChI is InChI=1S/C26H28BrIN4O9/c1-4-39-19-9-15(23-22(25(36)38-3)13(2)30-26(37)31-23)5-6-18(19)40-11-20(33)32-29-10-14-7-16(27)24(17(28)8-14)41-12-21(34)35/h5-10,20,23,32-33H,4,11-12H2,1-3H3,(H,34,35)(H2,30,31,37)/b29-10-/t20-,23+/m1/s1. The van der Waals surface area contributed by atoms with E-state index in [2.05, 4.69) is 37.1 Å². The fraction of sp³-hybridized carbons (Fsp3) is 0.308. The first kappa shape index (κ1) is 32.0. The van der Waals surface area contributed by atoms with E-state index in [-0.39, 0.29) is 12.2 Å². The Morgan fingerprint density at radius 2 is 1.98 bits per heavy atom. The molecule has 1 aliphatic heterocycles. The SMILES string of the molecule is CCOc1cc([C@@H]2NC(=O)NC(C)=C2C(=O)OC)ccc1OC[C@@H](O)N/N=C\c1cc(Br)c(OCC(=O)O)c(I)c1. The summed E-state index contributed by atoms with van der Waals surface area (Å²) in [6.07, 6.45) is 0.292. The molecule has 0 spiro atoms. The predicted octanol–water partition coefficient (Wildman–Crippen LogP) is 3.04. The molecular formula is C26H28BrIN4O9. The zero-order valence-electron chi connectivity index (χ0n) is 22.2. The molecule has 0 aliphatic carbocycles. The van der Waals surface area contributed by atoms with Crippen molar-refractivity contribution in [3.8, 4) is 17.2 Å². The molecule has 0 bridgehead atoms. The van der Waals surface area contributed by atoms with Crippen molar-refractivity contribution in [1.29, 1.82) is 0 Å². The van der Waals surface area contributed by atoms with Crippen LogP contribution in [0.2, 0.25) is 0 Å². The monoisotopic (exact) mass is 746 g/mol. The minimum Gasteiger partial charge on any atom is -0.490 e. The number of hydrogen-bond acceptors (Lipinski definition) is 10. The third-order valence-corrected chi connectivity index (χ3v) is 6.86. The molecule has 0 saturated carbocycles. The largest absolute Gasteiger partial charge is 0.490 e. The van der Waals surface area contributed by atoms with E-state index in [0.717, 1.165) is 0 Å². The molecule has 15 heteroatoms. The van der Waals surface area contributed by atoms with Crippen molar-refractivity contribution >= 4 is 62.7 Å². The Hall–Kier alpha value is -3.57. The fourth-order valence-corrected chi connectivity index (χ4v) is 5.51. The third-order valence-electron chi connectivity index (χ3n) is 5.47. The van der Waals surface area contributed by atoms with Crippen LogP contribution in [-0.2, 0) is 14.3 Å². The number of rotatable bonds is 13. The van der Waals surface area contributed by atoms with Crippen molar-refractivity contribution < 1.29 is 43.5 Å². The molecule has 2 atom stereocenters. The molecule has 220 valence electrons. The number of carbonyl (C=O) groups is 3. The molecule has 2 amide bonds. The highest BCUT2D eigenvalue weighted by Gasteiger charge is 2.32. The van der Waals surface area contributed by atoms with Crippen LogP contribution in [0.1, 0.15) is 31.0 Å². The Morgan fingerprint density at radius 3 is 2.63 bits per heavy atom. The van der Waals surface area contributed by atoms with Gasteiger partial charge in [-0.25, -0.2) is 14.4 Å². The van der Waals surface area contributed by atoms with Crippen molar-refractivity contribution in [1.82, 2.24) is 16.1 Å². The number of carboxylic acid groups (broad SMARTS) is 1. The number of urea groups is 1. The first-order chi connectivity index (χ1) is 19.5. The van der Waals surface area contributed by atoms with Gasteiger partial charge in [-0.1, -0.05) is 6.07 Å². The van der Waals surface area contributed by atoms with E-state index in [1.54, 1.807) is 44.2 Å². The van der Waals surface area contributed by atoms with Gasteiger partial charge in [0.05, 0.1) is 39.6 Å². The van der Waals surface area contributed by atoms with Gasteiger partial charge in [-0.2, -0.15) is 5.10 Å². The molecule has 2 aromatic rings. The second-order valence-corrected chi connectivity index (χ2v) is 10.4. The average molecular weight is 747 g/mol. The molecule has 0 aromatic heterocycles. The average Bonchev–Trinajstić information content (AvgIpc) is 2.91. The summed E-state index contributed by atoms with van der Waals surface area (Å²) in [5.74, 6) is -0.592. The van der Waals surface area contributed by atoms with Gasteiger partial charge in [0.1, 0.15) is 12.4 Å². The lowest BCUT2D eigenvalue weighted by Crippen LogP contribution is -2.45. The highest BCUT2D eigenvalue weighted by Crippen LogP contribution is 2.35. The molecule has 1 heterocycles. The Kier molecular flexibility index (Phi) is 11.6. The van der Waals surface area contributed by atoms with Gasteiger partial charge in [0, 0.05) is 5.70 Å². The van der Waals surface area contributed by atoms with E-state index in [4.69, 9.17) is 24.1 Å². The van der Waals surface area contributed by atoms with Crippen LogP contribution in [0.5, 0.6) is 17.2 Å². The Morgan fingerprint density at radius 1 is 1.22 bits per heavy atom. The summed E-state index contributed by atoms with van der Waals surface area (Å²) in [5, 5.41) is 28.5. The summed E-state index contributed by atoms with van der Waals surface area (Å²) >= 11 is 5.37. The zero-order valence-corrected chi connectivity index (χ0v) is 25.9. The Bertz CT molecular complexity index is 1350. The maximum Gasteiger partial charge on any atom is 0.341 e. The normalized spacial score (nSPS) is 15.6. The van der Waals surface area contributed by atoms with Gasteiger partial charge < -0.3 is 39.8 Å². The highest BCUT2D eigenvalue weighted by atomic mass is 127. The Labute approximate surface area is 257 Å². The summed E-state index contributed by atoms with van der Waals surface area (Å²) in [6, 6.07) is 7.13. The number of ether oxygens (including phenoxy) is 4. The maximum atomic E-state index is 12.4. The molecule has 0 unspecified atom stereocenters. The summed E-state index contributed by atoms with van der Waals surface area (Å²) in [4.78, 5) is 35.3. The lowest BCUT2D eigenvalue weighted by atomic mass is 9.95. The zero-order chi connectivity index (χ0) is 30.1. The van der Waals surface area contributed by atoms with Gasteiger partial charge in [-0.15, -0.1) is 0 Å². The van der Waals surface area contributed by atoms with Crippen LogP contribution < -0.4 is 30.3 Å². The quantitative estimate of drug-likeness (QED) is 0.0674. The number of carbonyl (C=O) groups excluding carboxylic acids is 2. The summed E-state index contributed by atoms with van der Waals surface area (Å²) in [7, 11) is 1.26. The summed E-state index contributed by atoms with van der Waals surface area (Å²) < 4.78 is 22.8. The van der Waals surface area contributed by atoms with E-state index in [9.17, 15) is 19.5 Å². The fourth-order valence-electron chi connectivity index (χ4n) is 3.75. The van der Waals surface area contributed by atoms with Gasteiger partial charge in [0.2, 0.25) is 0 Å². The number of hydrazone groups is 1. The molecule has 13 nitrogen and oxygen atoms in total. The van der Waals surface area contributed by atoms with Crippen molar-refractivity contribution in [3.05, 3.63) is 60.8 Å². The van der Waals surface area contributed by atoms with Crippen LogP contribution in [0, 0.1) is 3.57 Å². The number of halogens is 2. The van der Waals surface area contributed by atoms with Crippen LogP contribution in [0.3, 0.4) is 0 Å². The van der Waals surface area contributed by atoms with Crippen molar-refractivity contribution in [2.45, 2.75) is 26.1 Å². The van der Waals surface area contributed by atoms with Crippen LogP contribution in [-0.4, -0.2) is 67.6 Å². The number of nitrogens with zero attached hydrogens (tertiary/aromatic N) is 1. The summed E-state index contributed by atoms with van der Waals surface area (Å²) in [5.41, 5.74) is 4.43. The van der Waals surface area contributed by atoms with E-state index in [1.165, 1.54) is 13.3 Å². The molecular weight excluding hydrogens is 719 g/mol. The van der Waals surface area contributed by atoms with Crippen LogP contribution in [0.4, 0.5) is 4.79 Å². The smallest absolute Gasteiger partial charge is 0.341 e. The number of nitrogens with one attached hydrogen (secondary N) is 3. The number of allylic oxidation sites excluding steroid dienone is 1. The third kappa shape index (κ3) is 8.71. The van der Waals surface area contributed by atoms with Gasteiger partial charge >= 0.3 is 18.0 Å². The van der Waals surface area contributed by atoms with Gasteiger partial charge in [0.15, 0.2) is 24.3 Å². The molecule has 0 saturated heterocycles. The lowest BCUT2D eigenvalue weighted by Gasteiger charge is -2.28. The number of aliphatic hydroxyl groups excluding tert-OH is 1. The molecule has 5 N–H and O–H groups in total. The molecule has 41 heavy (non-hydrogen) atoms. The number of hydrogen-bond donors (Lipinski definition) is 5. The van der Waals surface area contributed by atoms with Crippen LogP contribution in [0.15, 0.2) is 51.2 Å². The van der Waals surface area contributed by atoms with E-state index in [1.807, 2.05) is 22.6 Å². The molecule has 3 rings (SSSR count). The minimum absolute atomic E-state index is 0.184. The van der Waals surface area contributed by atoms with Gasteiger partial charge in [-0.05, 0) is 87.8 Å². The number of amides is 2. The second-order valence-electron chi connectivity index (χ2n) is 8.41. The first-order valence-electron chi connectivity index (χ1n) is 12.1. The number of carboxylic acids is 1. The van der Waals surface area contributed by atoms with Gasteiger partial charge in [-0.3, -0.25) is 5.43 Å². The second kappa shape index (κ2) is 14.9. The maximum absolute atomic E-state index is 12.4. The summed E-state index contributed by atoms with van der Waals surface area (Å²) in [6.45, 7) is 3.07. The number of methoxy groups -OCH3 is 1. The predicted molar refractivity (Wildman–Crippen MR) is 159 cm³/mol. The van der Waals surface area contributed by atoms with Gasteiger partial charge in [0.25, 0.3) is 0 Å². The molecule has 0 radical (unpaired) electrons. The minimum atomic E-state index is -1.18. The highest BCUT2D eigenvalue weighted by molar-refractivity contribution is 14.1. The number of aliphatic carboxylic acids is 1. The van der Waals surface area contributed by atoms with Crippen molar-refractivity contribution in [3.63, 3.8) is 0 Å². The number of aliphatic hydroxyl groups is 1. The molecule has 0 fully saturated rings.